The standard InChI is InChI=1S/C21H13Cl2NO3S/c22-18-8-24-9-19(23)17(18)10-27-20-14-4-2-1-3-13(14)15(7-16(20)21(25)26)12-5-6-28-11-12/h1-9,11H,10H2,(H,25,26). The molecular weight excluding hydrogens is 417 g/mol. The Morgan fingerprint density at radius 1 is 1.11 bits per heavy atom. The van der Waals surface area contributed by atoms with E-state index >= 15 is 0 Å². The number of carboxylic acid groups (broad SMARTS) is 1. The van der Waals surface area contributed by atoms with E-state index in [9.17, 15) is 9.90 Å². The fourth-order valence-electron chi connectivity index (χ4n) is 3.04. The monoisotopic (exact) mass is 429 g/mol. The maximum Gasteiger partial charge on any atom is 0.339 e. The Labute approximate surface area is 174 Å². The summed E-state index contributed by atoms with van der Waals surface area (Å²) >= 11 is 13.9. The van der Waals surface area contributed by atoms with Crippen molar-refractivity contribution in [1.82, 2.24) is 4.98 Å². The predicted molar refractivity (Wildman–Crippen MR) is 113 cm³/mol. The predicted octanol–water partition coefficient (Wildman–Crippen LogP) is 6.55. The van der Waals surface area contributed by atoms with Crippen molar-refractivity contribution < 1.29 is 14.6 Å². The highest BCUT2D eigenvalue weighted by atomic mass is 35.5. The van der Waals surface area contributed by atoms with Crippen LogP contribution >= 0.6 is 34.5 Å². The first-order chi connectivity index (χ1) is 13.6. The second-order valence-corrected chi connectivity index (χ2v) is 7.63. The number of fused-ring (bicyclic) bond motifs is 1. The Balaban J connectivity index is 1.87. The van der Waals surface area contributed by atoms with Gasteiger partial charge in [-0.3, -0.25) is 4.98 Å². The average molecular weight is 430 g/mol. The topological polar surface area (TPSA) is 59.4 Å². The molecule has 4 aromatic rings. The molecule has 0 fully saturated rings. The van der Waals surface area contributed by atoms with E-state index in [4.69, 9.17) is 27.9 Å². The summed E-state index contributed by atoms with van der Waals surface area (Å²) in [6, 6.07) is 11.2. The summed E-state index contributed by atoms with van der Waals surface area (Å²) in [5.74, 6) is -0.782. The minimum absolute atomic E-state index is 0.0300. The second-order valence-electron chi connectivity index (χ2n) is 6.03. The van der Waals surface area contributed by atoms with Gasteiger partial charge < -0.3 is 9.84 Å². The quantitative estimate of drug-likeness (QED) is 0.390. The molecule has 0 saturated heterocycles. The highest BCUT2D eigenvalue weighted by molar-refractivity contribution is 7.08. The number of aromatic nitrogens is 1. The maximum absolute atomic E-state index is 12.0. The van der Waals surface area contributed by atoms with Gasteiger partial charge in [0.2, 0.25) is 0 Å². The molecule has 0 amide bonds. The van der Waals surface area contributed by atoms with E-state index < -0.39 is 5.97 Å². The number of nitrogens with zero attached hydrogens (tertiary/aromatic N) is 1. The first-order valence-corrected chi connectivity index (χ1v) is 9.98. The van der Waals surface area contributed by atoms with E-state index in [1.54, 1.807) is 17.4 Å². The molecule has 4 nitrogen and oxygen atoms in total. The minimum Gasteiger partial charge on any atom is -0.487 e. The van der Waals surface area contributed by atoms with Crippen molar-refractivity contribution in [2.24, 2.45) is 0 Å². The van der Waals surface area contributed by atoms with Crippen LogP contribution in [0.25, 0.3) is 21.9 Å². The molecule has 0 spiro atoms. The molecule has 2 aromatic carbocycles. The molecule has 140 valence electrons. The fourth-order valence-corrected chi connectivity index (χ4v) is 4.17. The largest absolute Gasteiger partial charge is 0.487 e. The highest BCUT2D eigenvalue weighted by Crippen LogP contribution is 2.39. The van der Waals surface area contributed by atoms with E-state index in [1.165, 1.54) is 12.4 Å². The Morgan fingerprint density at radius 2 is 1.82 bits per heavy atom. The van der Waals surface area contributed by atoms with Crippen molar-refractivity contribution in [2.45, 2.75) is 6.61 Å². The van der Waals surface area contributed by atoms with Gasteiger partial charge in [-0.1, -0.05) is 47.5 Å². The Bertz CT molecular complexity index is 1160. The third-order valence-electron chi connectivity index (χ3n) is 4.37. The normalized spacial score (nSPS) is 10.9. The van der Waals surface area contributed by atoms with Crippen molar-refractivity contribution in [2.75, 3.05) is 0 Å². The highest BCUT2D eigenvalue weighted by Gasteiger charge is 2.20. The zero-order valence-corrected chi connectivity index (χ0v) is 16.7. The van der Waals surface area contributed by atoms with Crippen LogP contribution in [0, 0.1) is 0 Å². The number of carbonyl (C=O) groups is 1. The Morgan fingerprint density at radius 3 is 2.46 bits per heavy atom. The smallest absolute Gasteiger partial charge is 0.339 e. The van der Waals surface area contributed by atoms with Crippen molar-refractivity contribution >= 4 is 51.3 Å². The zero-order valence-electron chi connectivity index (χ0n) is 14.4. The fraction of sp³-hybridized carbons (Fsp3) is 0.0476. The first-order valence-electron chi connectivity index (χ1n) is 8.28. The number of rotatable bonds is 5. The molecule has 2 aromatic heterocycles. The third kappa shape index (κ3) is 3.44. The van der Waals surface area contributed by atoms with Crippen LogP contribution in [0.4, 0.5) is 0 Å². The molecule has 0 atom stereocenters. The lowest BCUT2D eigenvalue weighted by atomic mass is 9.96. The number of ether oxygens (including phenoxy) is 1. The number of carboxylic acids is 1. The number of benzene rings is 2. The van der Waals surface area contributed by atoms with Gasteiger partial charge in [0.05, 0.1) is 10.0 Å². The molecule has 1 N–H and O–H groups in total. The van der Waals surface area contributed by atoms with Gasteiger partial charge in [-0.15, -0.1) is 0 Å². The molecule has 0 unspecified atom stereocenters. The summed E-state index contributed by atoms with van der Waals surface area (Å²) in [6.45, 7) is 0.0300. The average Bonchev–Trinajstić information content (AvgIpc) is 3.21. The van der Waals surface area contributed by atoms with Gasteiger partial charge in [-0.2, -0.15) is 11.3 Å². The zero-order chi connectivity index (χ0) is 19.7. The summed E-state index contributed by atoms with van der Waals surface area (Å²) < 4.78 is 5.96. The van der Waals surface area contributed by atoms with Gasteiger partial charge >= 0.3 is 5.97 Å². The number of hydrogen-bond acceptors (Lipinski definition) is 4. The SMILES string of the molecule is O=C(O)c1cc(-c2ccsc2)c2ccccc2c1OCc1c(Cl)cncc1Cl. The van der Waals surface area contributed by atoms with E-state index in [1.807, 2.05) is 41.1 Å². The molecule has 0 aliphatic carbocycles. The van der Waals surface area contributed by atoms with Crippen LogP contribution in [0.1, 0.15) is 15.9 Å². The molecule has 0 saturated carbocycles. The van der Waals surface area contributed by atoms with Crippen LogP contribution in [0.2, 0.25) is 10.0 Å². The first kappa shape index (κ1) is 18.7. The molecule has 0 aliphatic heterocycles. The van der Waals surface area contributed by atoms with E-state index in [2.05, 4.69) is 4.98 Å². The van der Waals surface area contributed by atoms with Crippen LogP contribution in [-0.4, -0.2) is 16.1 Å². The number of hydrogen-bond donors (Lipinski definition) is 1. The van der Waals surface area contributed by atoms with E-state index in [0.717, 1.165) is 16.5 Å². The van der Waals surface area contributed by atoms with Crippen LogP contribution in [0.5, 0.6) is 5.75 Å². The molecule has 4 rings (SSSR count). The lowest BCUT2D eigenvalue weighted by Gasteiger charge is -2.16. The van der Waals surface area contributed by atoms with Crippen molar-refractivity contribution in [3.8, 4) is 16.9 Å². The molecule has 0 bridgehead atoms. The van der Waals surface area contributed by atoms with Crippen molar-refractivity contribution in [3.63, 3.8) is 0 Å². The summed E-state index contributed by atoms with van der Waals surface area (Å²) in [7, 11) is 0. The third-order valence-corrected chi connectivity index (χ3v) is 5.71. The Hall–Kier alpha value is -2.60. The van der Waals surface area contributed by atoms with Gasteiger partial charge in [0.15, 0.2) is 0 Å². The minimum atomic E-state index is -1.07. The summed E-state index contributed by atoms with van der Waals surface area (Å²) in [5.41, 5.74) is 2.46. The molecule has 7 heteroatoms. The van der Waals surface area contributed by atoms with Crippen molar-refractivity contribution in [3.05, 3.63) is 80.7 Å². The number of pyridine rings is 1. The summed E-state index contributed by atoms with van der Waals surface area (Å²) in [5, 5.41) is 16.1. The van der Waals surface area contributed by atoms with Gasteiger partial charge in [0.25, 0.3) is 0 Å². The maximum atomic E-state index is 12.0. The van der Waals surface area contributed by atoms with Gasteiger partial charge in [-0.25, -0.2) is 4.79 Å². The molecule has 0 radical (unpaired) electrons. The number of aromatic carboxylic acids is 1. The van der Waals surface area contributed by atoms with Crippen LogP contribution in [-0.2, 0) is 6.61 Å². The molecule has 28 heavy (non-hydrogen) atoms. The van der Waals surface area contributed by atoms with Gasteiger partial charge in [0, 0.05) is 23.3 Å². The van der Waals surface area contributed by atoms with Crippen LogP contribution in [0.3, 0.4) is 0 Å². The van der Waals surface area contributed by atoms with Gasteiger partial charge in [-0.05, 0) is 39.4 Å². The van der Waals surface area contributed by atoms with E-state index in [-0.39, 0.29) is 17.9 Å². The molecule has 2 heterocycles. The lowest BCUT2D eigenvalue weighted by molar-refractivity contribution is 0.0692. The molecule has 0 aliphatic rings. The van der Waals surface area contributed by atoms with Crippen LogP contribution in [0.15, 0.2) is 59.6 Å². The second kappa shape index (κ2) is 7.80. The summed E-state index contributed by atoms with van der Waals surface area (Å²) in [6.07, 6.45) is 2.95. The molecular formula is C21H13Cl2NO3S. The number of thiophene rings is 1. The lowest BCUT2D eigenvalue weighted by Crippen LogP contribution is -2.06. The van der Waals surface area contributed by atoms with E-state index in [0.29, 0.717) is 21.0 Å². The van der Waals surface area contributed by atoms with Gasteiger partial charge in [0.1, 0.15) is 17.9 Å². The van der Waals surface area contributed by atoms with Crippen molar-refractivity contribution in [1.29, 1.82) is 0 Å². The number of halogens is 2. The Kier molecular flexibility index (Phi) is 5.22. The summed E-state index contributed by atoms with van der Waals surface area (Å²) in [4.78, 5) is 15.9. The van der Waals surface area contributed by atoms with Crippen LogP contribution < -0.4 is 4.74 Å².